The van der Waals surface area contributed by atoms with Crippen LogP contribution >= 0.6 is 0 Å². The molecule has 0 radical (unpaired) electrons. The van der Waals surface area contributed by atoms with E-state index in [1.54, 1.807) is 0 Å². The molecule has 0 aliphatic carbocycles. The Balaban J connectivity index is 0.000000162. The van der Waals surface area contributed by atoms with Gasteiger partial charge in [0, 0.05) is 98.9 Å². The third kappa shape index (κ3) is 7.32. The lowest BCUT2D eigenvalue weighted by Crippen LogP contribution is -2.46. The van der Waals surface area contributed by atoms with Gasteiger partial charge in [-0.25, -0.2) is 0 Å². The molecule has 2 N–H and O–H groups in total. The van der Waals surface area contributed by atoms with Crippen molar-refractivity contribution in [1.82, 2.24) is 28.7 Å². The fraction of sp³-hybridized carbons (Fsp3) is 0.462. The average Bonchev–Trinajstić information content (AvgIpc) is 3.70. The van der Waals surface area contributed by atoms with Crippen molar-refractivity contribution in [3.05, 3.63) is 150 Å². The van der Waals surface area contributed by atoms with Gasteiger partial charge in [-0.1, -0.05) is 86.7 Å². The number of amides is 2. The van der Waals surface area contributed by atoms with Crippen LogP contribution in [0.2, 0.25) is 0 Å². The molecule has 2 aromatic carbocycles. The summed E-state index contributed by atoms with van der Waals surface area (Å²) in [7, 11) is 0. The molecule has 0 saturated carbocycles. The molecule has 12 heteroatoms. The van der Waals surface area contributed by atoms with Crippen LogP contribution in [0.15, 0.2) is 94.5 Å². The number of allylic oxidation sites excluding steroid dienone is 2. The predicted octanol–water partition coefficient (Wildman–Crippen LogP) is 4.90. The quantitative estimate of drug-likeness (QED) is 0.256. The number of likely N-dealkylation sites (N-methyl/N-ethyl adjacent to an activating group) is 2. The van der Waals surface area contributed by atoms with Crippen molar-refractivity contribution >= 4 is 24.0 Å². The van der Waals surface area contributed by atoms with E-state index in [-0.39, 0.29) is 84.0 Å². The second-order valence-corrected chi connectivity index (χ2v) is 18.2. The van der Waals surface area contributed by atoms with Gasteiger partial charge in [-0.2, -0.15) is 0 Å². The first-order chi connectivity index (χ1) is 31.2. The van der Waals surface area contributed by atoms with Crippen molar-refractivity contribution in [1.29, 1.82) is 0 Å². The number of aliphatic hydroxyl groups excluding tert-OH is 2. The normalized spacial score (nSPS) is 26.9. The zero-order valence-electron chi connectivity index (χ0n) is 37.6. The average molecular weight is 867 g/mol. The van der Waals surface area contributed by atoms with Gasteiger partial charge in [0.15, 0.2) is 0 Å². The summed E-state index contributed by atoms with van der Waals surface area (Å²) in [5.74, 6) is -0.874. The second kappa shape index (κ2) is 18.2. The molecule has 64 heavy (non-hydrogen) atoms. The molecule has 8 heterocycles. The van der Waals surface area contributed by atoms with Gasteiger partial charge in [0.25, 0.3) is 11.1 Å². The molecule has 2 saturated heterocycles. The Hall–Kier alpha value is -5.40. The van der Waals surface area contributed by atoms with E-state index in [0.717, 1.165) is 37.3 Å². The number of hydrogen-bond donors (Lipinski definition) is 2. The van der Waals surface area contributed by atoms with Gasteiger partial charge in [0.1, 0.15) is 0 Å². The summed E-state index contributed by atoms with van der Waals surface area (Å²) in [4.78, 5) is 62.8. The molecule has 10 rings (SSSR count). The van der Waals surface area contributed by atoms with E-state index < -0.39 is 0 Å². The number of carbonyl (C=O) groups is 2. The van der Waals surface area contributed by atoms with Crippen molar-refractivity contribution in [2.75, 3.05) is 39.4 Å². The molecule has 2 fully saturated rings. The van der Waals surface area contributed by atoms with Gasteiger partial charge in [-0.3, -0.25) is 29.0 Å². The van der Waals surface area contributed by atoms with Gasteiger partial charge in [0.2, 0.25) is 11.8 Å². The highest BCUT2D eigenvalue weighted by Crippen LogP contribution is 2.50. The minimum Gasteiger partial charge on any atom is -0.396 e. The van der Waals surface area contributed by atoms with Crippen LogP contribution in [0, 0.1) is 23.7 Å². The second-order valence-electron chi connectivity index (χ2n) is 18.2. The van der Waals surface area contributed by atoms with E-state index in [4.69, 9.17) is 0 Å². The van der Waals surface area contributed by atoms with E-state index in [1.807, 2.05) is 106 Å². The van der Waals surface area contributed by atoms with E-state index >= 15 is 0 Å². The molecular formula is C52H62N6O6. The smallest absolute Gasteiger partial charge is 0.258 e. The Labute approximate surface area is 375 Å². The van der Waals surface area contributed by atoms with Crippen molar-refractivity contribution in [2.45, 2.75) is 90.9 Å². The molecule has 2 aromatic heterocycles. The SMILES string of the molecule is C/C=C/c1ccc2n(c1=O)C[C@@H]1[C@@H](CO)[C@H](C(=O)N3CCc4ccccc4C3)[C@H]2N1CC.C/C=C\c1ccc2n(c1=O)C[C@@H]1[C@@H](CO)[C@H](C(=O)N3CCc4ccccc4C3)[C@H]2N1CC. The van der Waals surface area contributed by atoms with Gasteiger partial charge >= 0.3 is 0 Å². The highest BCUT2D eigenvalue weighted by atomic mass is 16.3. The van der Waals surface area contributed by atoms with Crippen LogP contribution in [0.4, 0.5) is 0 Å². The molecule has 4 bridgehead atoms. The number of aromatic nitrogens is 2. The van der Waals surface area contributed by atoms with Crippen LogP contribution in [0.3, 0.4) is 0 Å². The van der Waals surface area contributed by atoms with Crippen LogP contribution in [0.1, 0.15) is 84.5 Å². The van der Waals surface area contributed by atoms with E-state index in [0.29, 0.717) is 50.4 Å². The fourth-order valence-corrected chi connectivity index (χ4v) is 12.3. The van der Waals surface area contributed by atoms with Crippen LogP contribution in [-0.4, -0.2) is 102 Å². The van der Waals surface area contributed by atoms with Crippen molar-refractivity contribution < 1.29 is 19.8 Å². The summed E-state index contributed by atoms with van der Waals surface area (Å²) < 4.78 is 3.69. The number of fused-ring (bicyclic) bond motifs is 10. The lowest BCUT2D eigenvalue weighted by molar-refractivity contribution is -0.140. The molecule has 0 unspecified atom stereocenters. The van der Waals surface area contributed by atoms with Crippen molar-refractivity contribution in [3.63, 3.8) is 0 Å². The zero-order valence-corrected chi connectivity index (χ0v) is 37.6. The number of nitrogens with zero attached hydrogens (tertiary/aromatic N) is 6. The molecule has 4 aromatic rings. The number of pyridine rings is 2. The molecule has 6 aliphatic rings. The summed E-state index contributed by atoms with van der Waals surface area (Å²) in [6.07, 6.45) is 9.12. The molecule has 6 aliphatic heterocycles. The monoisotopic (exact) mass is 866 g/mol. The first-order valence-corrected chi connectivity index (χ1v) is 23.3. The number of hydrogen-bond acceptors (Lipinski definition) is 8. The first kappa shape index (κ1) is 43.8. The summed E-state index contributed by atoms with van der Waals surface area (Å²) in [5.41, 5.74) is 8.12. The maximum Gasteiger partial charge on any atom is 0.258 e. The lowest BCUT2D eigenvalue weighted by Gasteiger charge is -2.38. The molecular weight excluding hydrogens is 805 g/mol. The minimum atomic E-state index is -0.351. The standard InChI is InChI=1S/2C26H31N3O3/c2*1-3-7-18-10-11-21-24-23(20(16-30)22(28(24)4-2)15-29(21)25(18)31)26(32)27-13-12-17-8-5-6-9-19(17)14-27/h2*3,5-11,20,22-24,30H,4,12-16H2,1-2H3/b7-3+;7-3-/t2*20-,22-,23+,24+/m11/s1. The van der Waals surface area contributed by atoms with E-state index in [2.05, 4.69) is 47.9 Å². The number of rotatable bonds is 8. The number of benzene rings is 2. The largest absolute Gasteiger partial charge is 0.396 e. The fourth-order valence-electron chi connectivity index (χ4n) is 12.3. The van der Waals surface area contributed by atoms with Gasteiger partial charge in [-0.15, -0.1) is 0 Å². The van der Waals surface area contributed by atoms with Gasteiger partial charge in [0.05, 0.1) is 23.9 Å². The summed E-state index contributed by atoms with van der Waals surface area (Å²) in [5, 5.41) is 20.8. The summed E-state index contributed by atoms with van der Waals surface area (Å²) in [6.45, 7) is 13.1. The molecule has 0 spiro atoms. The highest BCUT2D eigenvalue weighted by Gasteiger charge is 2.57. The van der Waals surface area contributed by atoms with E-state index in [9.17, 15) is 29.4 Å². The third-order valence-corrected chi connectivity index (χ3v) is 15.3. The number of carbonyl (C=O) groups excluding carboxylic acids is 2. The summed E-state index contributed by atoms with van der Waals surface area (Å²) >= 11 is 0. The van der Waals surface area contributed by atoms with Gasteiger partial charge in [-0.05, 0) is 86.3 Å². The Bertz CT molecular complexity index is 2420. The summed E-state index contributed by atoms with van der Waals surface area (Å²) in [6, 6.07) is 24.0. The topological polar surface area (TPSA) is 132 Å². The van der Waals surface area contributed by atoms with E-state index in [1.165, 1.54) is 22.3 Å². The van der Waals surface area contributed by atoms with Gasteiger partial charge < -0.3 is 29.1 Å². The minimum absolute atomic E-state index is 0.0111. The van der Waals surface area contributed by atoms with Crippen LogP contribution in [-0.2, 0) is 48.6 Å². The molecule has 12 nitrogen and oxygen atoms in total. The Morgan fingerprint density at radius 1 is 0.594 bits per heavy atom. The third-order valence-electron chi connectivity index (χ3n) is 15.3. The number of aliphatic hydroxyl groups is 2. The van der Waals surface area contributed by atoms with Crippen LogP contribution < -0.4 is 11.1 Å². The van der Waals surface area contributed by atoms with Crippen molar-refractivity contribution in [3.8, 4) is 0 Å². The maximum atomic E-state index is 13.9. The lowest BCUT2D eigenvalue weighted by atomic mass is 9.85. The Morgan fingerprint density at radius 3 is 1.34 bits per heavy atom. The predicted molar refractivity (Wildman–Crippen MR) is 248 cm³/mol. The Morgan fingerprint density at radius 2 is 0.984 bits per heavy atom. The molecule has 2 amide bonds. The van der Waals surface area contributed by atoms with Crippen LogP contribution in [0.5, 0.6) is 0 Å². The maximum absolute atomic E-state index is 13.9. The van der Waals surface area contributed by atoms with Crippen LogP contribution in [0.25, 0.3) is 12.2 Å². The molecule has 336 valence electrons. The highest BCUT2D eigenvalue weighted by molar-refractivity contribution is 5.82. The van der Waals surface area contributed by atoms with Crippen molar-refractivity contribution in [2.24, 2.45) is 23.7 Å². The Kier molecular flexibility index (Phi) is 12.5. The molecule has 8 atom stereocenters. The zero-order chi connectivity index (χ0) is 44.8. The first-order valence-electron chi connectivity index (χ1n) is 23.3.